The van der Waals surface area contributed by atoms with Gasteiger partial charge in [0.2, 0.25) is 0 Å². The van der Waals surface area contributed by atoms with Crippen molar-refractivity contribution < 1.29 is 22.3 Å². The molecule has 2 fully saturated rings. The zero-order valence-corrected chi connectivity index (χ0v) is 21.3. The first kappa shape index (κ1) is 25.0. The van der Waals surface area contributed by atoms with E-state index in [0.29, 0.717) is 0 Å². The van der Waals surface area contributed by atoms with E-state index in [2.05, 4.69) is 15.2 Å². The van der Waals surface area contributed by atoms with E-state index in [9.17, 15) is 17.6 Å². The van der Waals surface area contributed by atoms with Crippen LogP contribution in [0, 0.1) is 5.82 Å². The summed E-state index contributed by atoms with van der Waals surface area (Å²) in [4.78, 5) is 19.8. The molecule has 2 aromatic rings. The fourth-order valence-electron chi connectivity index (χ4n) is 4.68. The Bertz CT molecular complexity index is 1190. The molecule has 1 aromatic carbocycles. The van der Waals surface area contributed by atoms with Crippen LogP contribution < -0.4 is 15.0 Å². The van der Waals surface area contributed by atoms with E-state index in [1.54, 1.807) is 26.0 Å². The second kappa shape index (κ2) is 9.17. The average molecular weight is 530 g/mol. The lowest BCUT2D eigenvalue weighted by Crippen LogP contribution is -2.55. The lowest BCUT2D eigenvalue weighted by molar-refractivity contribution is -0.135. The number of carbonyl (C=O) groups excluding carboxylic acids is 1. The number of fused-ring (bicyclic) bond motifs is 2. The van der Waals surface area contributed by atoms with Gasteiger partial charge in [0.15, 0.2) is 15.4 Å². The standard InChI is InChI=1S/C23H26Cl2FN3O4S/c1-23(2,33-20-11-19(26)17(24)10-18(20)25)22(30)28-13-8-14-4-5-15(9-13)29(14)21-7-6-16(12-27-21)34(3,31)32/h6-7,10-15H,4-5,8-9H2,1-3H3,(H,28,30). The van der Waals surface area contributed by atoms with Crippen molar-refractivity contribution in [2.45, 2.75) is 68.2 Å². The first-order valence-electron chi connectivity index (χ1n) is 10.9. The van der Waals surface area contributed by atoms with Gasteiger partial charge < -0.3 is 15.0 Å². The fourth-order valence-corrected chi connectivity index (χ4v) is 5.66. The highest BCUT2D eigenvalue weighted by Gasteiger charge is 2.43. The van der Waals surface area contributed by atoms with E-state index >= 15 is 0 Å². The summed E-state index contributed by atoms with van der Waals surface area (Å²) in [6, 6.07) is 5.94. The molecular weight excluding hydrogens is 504 g/mol. The number of anilines is 1. The molecule has 2 aliphatic rings. The number of nitrogens with one attached hydrogen (secondary N) is 1. The van der Waals surface area contributed by atoms with Crippen LogP contribution in [-0.4, -0.2) is 49.3 Å². The van der Waals surface area contributed by atoms with Gasteiger partial charge in [0.25, 0.3) is 5.91 Å². The van der Waals surface area contributed by atoms with Crippen molar-refractivity contribution in [1.29, 1.82) is 0 Å². The molecule has 4 rings (SSSR count). The maximum atomic E-state index is 13.8. The number of ether oxygens (including phenoxy) is 1. The van der Waals surface area contributed by atoms with E-state index in [-0.39, 0.29) is 44.7 Å². The van der Waals surface area contributed by atoms with Crippen LogP contribution in [0.3, 0.4) is 0 Å². The Kier molecular flexibility index (Phi) is 6.74. The molecule has 1 N–H and O–H groups in total. The van der Waals surface area contributed by atoms with Crippen molar-refractivity contribution in [3.8, 4) is 5.75 Å². The smallest absolute Gasteiger partial charge is 0.263 e. The highest BCUT2D eigenvalue weighted by atomic mass is 35.5. The number of amides is 1. The van der Waals surface area contributed by atoms with Crippen LogP contribution in [0.4, 0.5) is 10.2 Å². The minimum atomic E-state index is -3.30. The molecule has 34 heavy (non-hydrogen) atoms. The molecule has 2 aliphatic heterocycles. The summed E-state index contributed by atoms with van der Waals surface area (Å²) in [5.41, 5.74) is -1.29. The Morgan fingerprint density at radius 2 is 1.82 bits per heavy atom. The number of hydrogen-bond donors (Lipinski definition) is 1. The van der Waals surface area contributed by atoms with Gasteiger partial charge in [-0.3, -0.25) is 4.79 Å². The Hall–Kier alpha value is -2.10. The first-order valence-corrected chi connectivity index (χ1v) is 13.6. The van der Waals surface area contributed by atoms with Crippen molar-refractivity contribution in [3.63, 3.8) is 0 Å². The number of hydrogen-bond acceptors (Lipinski definition) is 6. The topological polar surface area (TPSA) is 88.6 Å². The Morgan fingerprint density at radius 1 is 1.18 bits per heavy atom. The number of nitrogens with zero attached hydrogens (tertiary/aromatic N) is 2. The summed E-state index contributed by atoms with van der Waals surface area (Å²) in [5, 5.41) is 3.07. The van der Waals surface area contributed by atoms with Crippen LogP contribution in [0.2, 0.25) is 10.0 Å². The van der Waals surface area contributed by atoms with Crippen molar-refractivity contribution in [3.05, 3.63) is 46.3 Å². The van der Waals surface area contributed by atoms with Crippen molar-refractivity contribution >= 4 is 44.8 Å². The molecule has 7 nitrogen and oxygen atoms in total. The molecule has 0 aliphatic carbocycles. The molecule has 1 amide bonds. The van der Waals surface area contributed by atoms with Crippen molar-refractivity contribution in [2.24, 2.45) is 0 Å². The SMILES string of the molecule is CC(C)(Oc1cc(F)c(Cl)cc1Cl)C(=O)NC1CC2CCC(C1)N2c1ccc(S(C)(=O)=O)cn1. The predicted molar refractivity (Wildman–Crippen MR) is 129 cm³/mol. The van der Waals surface area contributed by atoms with Gasteiger partial charge in [-0.1, -0.05) is 23.2 Å². The molecule has 2 unspecified atom stereocenters. The third kappa shape index (κ3) is 5.11. The highest BCUT2D eigenvalue weighted by molar-refractivity contribution is 7.90. The minimum absolute atomic E-state index is 0.0437. The van der Waals surface area contributed by atoms with Crippen LogP contribution in [0.5, 0.6) is 5.75 Å². The Balaban J connectivity index is 1.42. The van der Waals surface area contributed by atoms with E-state index in [1.165, 1.54) is 12.3 Å². The molecular formula is C23H26Cl2FN3O4S. The molecule has 1 aromatic heterocycles. The lowest BCUT2D eigenvalue weighted by Gasteiger charge is -2.40. The van der Waals surface area contributed by atoms with Crippen molar-refractivity contribution in [2.75, 3.05) is 11.2 Å². The zero-order valence-electron chi connectivity index (χ0n) is 19.0. The third-order valence-electron chi connectivity index (χ3n) is 6.37. The first-order chi connectivity index (χ1) is 15.8. The summed E-state index contributed by atoms with van der Waals surface area (Å²) in [6.45, 7) is 3.20. The largest absolute Gasteiger partial charge is 0.476 e. The molecule has 0 radical (unpaired) electrons. The quantitative estimate of drug-likeness (QED) is 0.557. The normalized spacial score (nSPS) is 22.5. The van der Waals surface area contributed by atoms with Crippen molar-refractivity contribution in [1.82, 2.24) is 10.3 Å². The summed E-state index contributed by atoms with van der Waals surface area (Å²) >= 11 is 11.8. The van der Waals surface area contributed by atoms with E-state index in [0.717, 1.165) is 43.8 Å². The number of halogens is 3. The molecule has 2 atom stereocenters. The molecule has 0 saturated carbocycles. The molecule has 0 spiro atoms. The number of piperidine rings is 1. The Morgan fingerprint density at radius 3 is 2.38 bits per heavy atom. The molecule has 3 heterocycles. The Labute approximate surface area is 208 Å². The van der Waals surface area contributed by atoms with Gasteiger partial charge in [-0.25, -0.2) is 17.8 Å². The van der Waals surface area contributed by atoms with Crippen LogP contribution >= 0.6 is 23.2 Å². The van der Waals surface area contributed by atoms with Crippen LogP contribution in [-0.2, 0) is 14.6 Å². The number of sulfone groups is 1. The fraction of sp³-hybridized carbons (Fsp3) is 0.478. The van der Waals surface area contributed by atoms with E-state index < -0.39 is 21.3 Å². The highest BCUT2D eigenvalue weighted by Crippen LogP contribution is 2.39. The second-order valence-corrected chi connectivity index (χ2v) is 12.2. The summed E-state index contributed by atoms with van der Waals surface area (Å²) in [6.07, 6.45) is 5.93. The molecule has 184 valence electrons. The number of rotatable bonds is 6. The summed E-state index contributed by atoms with van der Waals surface area (Å²) in [7, 11) is -3.30. The molecule has 2 bridgehead atoms. The number of pyridine rings is 1. The van der Waals surface area contributed by atoms with Gasteiger partial charge in [0.1, 0.15) is 17.4 Å². The van der Waals surface area contributed by atoms with Gasteiger partial charge in [0, 0.05) is 36.6 Å². The van der Waals surface area contributed by atoms with Gasteiger partial charge >= 0.3 is 0 Å². The summed E-state index contributed by atoms with van der Waals surface area (Å²) < 4.78 is 43.0. The minimum Gasteiger partial charge on any atom is -0.476 e. The monoisotopic (exact) mass is 529 g/mol. The molecule has 11 heteroatoms. The lowest BCUT2D eigenvalue weighted by atomic mass is 9.96. The zero-order chi connectivity index (χ0) is 24.8. The summed E-state index contributed by atoms with van der Waals surface area (Å²) in [5.74, 6) is -0.221. The predicted octanol–water partition coefficient (Wildman–Crippen LogP) is 4.40. The maximum absolute atomic E-state index is 13.8. The number of aromatic nitrogens is 1. The van der Waals surface area contributed by atoms with Crippen LogP contribution in [0.15, 0.2) is 35.4 Å². The third-order valence-corrected chi connectivity index (χ3v) is 8.05. The van der Waals surface area contributed by atoms with Gasteiger partial charge in [-0.2, -0.15) is 0 Å². The van der Waals surface area contributed by atoms with Gasteiger partial charge in [-0.15, -0.1) is 0 Å². The average Bonchev–Trinajstić information content (AvgIpc) is 3.01. The number of benzene rings is 1. The van der Waals surface area contributed by atoms with E-state index in [1.807, 2.05) is 0 Å². The van der Waals surface area contributed by atoms with Crippen LogP contribution in [0.25, 0.3) is 0 Å². The molecule has 2 saturated heterocycles. The maximum Gasteiger partial charge on any atom is 0.263 e. The second-order valence-electron chi connectivity index (χ2n) is 9.37. The van der Waals surface area contributed by atoms with Gasteiger partial charge in [0.05, 0.1) is 14.9 Å². The van der Waals surface area contributed by atoms with Gasteiger partial charge in [-0.05, 0) is 57.7 Å². The number of carbonyl (C=O) groups is 1. The van der Waals surface area contributed by atoms with E-state index in [4.69, 9.17) is 27.9 Å². The van der Waals surface area contributed by atoms with Crippen LogP contribution in [0.1, 0.15) is 39.5 Å².